The first-order chi connectivity index (χ1) is 18.8. The number of rotatable bonds is 9. The van der Waals surface area contributed by atoms with Crippen LogP contribution in [0, 0.1) is 0 Å². The molecule has 6 rings (SSSR count). The molecule has 2 N–H and O–H groups in total. The Morgan fingerprint density at radius 1 is 0.658 bits per heavy atom. The Bertz CT molecular complexity index is 1560. The molecule has 0 amide bonds. The molecule has 8 heteroatoms. The summed E-state index contributed by atoms with van der Waals surface area (Å²) in [7, 11) is 0. The summed E-state index contributed by atoms with van der Waals surface area (Å²) in [4.78, 5) is 14.1. The van der Waals surface area contributed by atoms with Gasteiger partial charge in [-0.05, 0) is 47.7 Å². The lowest BCUT2D eigenvalue weighted by atomic mass is 10.2. The van der Waals surface area contributed by atoms with Gasteiger partial charge in [0.15, 0.2) is 0 Å². The number of thioether (sulfide) groups is 1. The number of aromatic nitrogens is 5. The maximum absolute atomic E-state index is 4.42. The number of nitrogens with one attached hydrogen (secondary N) is 2. The zero-order chi connectivity index (χ0) is 26.0. The zero-order valence-electron chi connectivity index (χ0n) is 21.4. The van der Waals surface area contributed by atoms with Crippen LogP contribution in [0.25, 0.3) is 11.3 Å². The normalized spacial score (nSPS) is 11.0. The third kappa shape index (κ3) is 6.66. The van der Waals surface area contributed by atoms with Crippen molar-refractivity contribution in [1.82, 2.24) is 34.4 Å². The van der Waals surface area contributed by atoms with Crippen molar-refractivity contribution in [2.24, 2.45) is 0 Å². The van der Waals surface area contributed by atoms with Crippen LogP contribution in [0.3, 0.4) is 0 Å². The molecule has 0 atom stereocenters. The van der Waals surface area contributed by atoms with Crippen LogP contribution in [0.2, 0.25) is 0 Å². The summed E-state index contributed by atoms with van der Waals surface area (Å²) in [6, 6.07) is 24.6. The first-order valence-corrected chi connectivity index (χ1v) is 13.8. The van der Waals surface area contributed by atoms with Crippen molar-refractivity contribution < 1.29 is 0 Å². The van der Waals surface area contributed by atoms with E-state index < -0.39 is 0 Å². The number of fused-ring (bicyclic) bond motifs is 2. The van der Waals surface area contributed by atoms with Crippen LogP contribution in [0.5, 0.6) is 0 Å². The molecule has 38 heavy (non-hydrogen) atoms. The highest BCUT2D eigenvalue weighted by Crippen LogP contribution is 2.17. The number of pyridine rings is 3. The largest absolute Gasteiger partial charge is 0.307 e. The van der Waals surface area contributed by atoms with Crippen molar-refractivity contribution in [1.29, 1.82) is 0 Å². The van der Waals surface area contributed by atoms with Gasteiger partial charge in [-0.15, -0.1) is 11.8 Å². The Labute approximate surface area is 227 Å². The second-order valence-electron chi connectivity index (χ2n) is 8.78. The van der Waals surface area contributed by atoms with Crippen LogP contribution in [0.15, 0.2) is 115 Å². The molecule has 5 aromatic heterocycles. The number of nitrogens with zero attached hydrogens (tertiary/aromatic N) is 5. The Hall–Kier alpha value is -3.98. The molecule has 0 saturated heterocycles. The molecule has 0 fully saturated rings. The molecule has 0 aliphatic carbocycles. The van der Waals surface area contributed by atoms with Gasteiger partial charge >= 0.3 is 0 Å². The minimum Gasteiger partial charge on any atom is -0.307 e. The molecule has 0 aliphatic heterocycles. The molecule has 1 aromatic carbocycles. The van der Waals surface area contributed by atoms with Crippen molar-refractivity contribution in [2.45, 2.75) is 31.1 Å². The van der Waals surface area contributed by atoms with E-state index in [0.29, 0.717) is 0 Å². The van der Waals surface area contributed by atoms with Gasteiger partial charge in [-0.2, -0.15) is 0 Å². The van der Waals surface area contributed by atoms with E-state index >= 15 is 0 Å². The molecule has 0 radical (unpaired) electrons. The molecule has 0 bridgehead atoms. The fourth-order valence-corrected chi connectivity index (χ4v) is 4.56. The van der Waals surface area contributed by atoms with Gasteiger partial charge < -0.3 is 19.4 Å². The van der Waals surface area contributed by atoms with E-state index in [1.165, 1.54) is 27.4 Å². The Kier molecular flexibility index (Phi) is 8.78. The van der Waals surface area contributed by atoms with Gasteiger partial charge in [0.05, 0.1) is 23.8 Å². The summed E-state index contributed by atoms with van der Waals surface area (Å²) in [5, 5.41) is 6.86. The average Bonchev–Trinajstić information content (AvgIpc) is 3.58. The number of hydrogen-bond acceptors (Lipinski definition) is 6. The maximum Gasteiger partial charge on any atom is 0.136 e. The number of imidazole rings is 2. The summed E-state index contributed by atoms with van der Waals surface area (Å²) in [6.45, 7) is 3.29. The van der Waals surface area contributed by atoms with E-state index in [9.17, 15) is 0 Å². The molecule has 7 nitrogen and oxygen atoms in total. The second-order valence-corrected chi connectivity index (χ2v) is 9.66. The van der Waals surface area contributed by atoms with Crippen molar-refractivity contribution in [3.63, 3.8) is 0 Å². The lowest BCUT2D eigenvalue weighted by Crippen LogP contribution is -2.14. The summed E-state index contributed by atoms with van der Waals surface area (Å²) >= 11 is 1.74. The van der Waals surface area contributed by atoms with Crippen LogP contribution in [-0.4, -0.2) is 30.0 Å². The lowest BCUT2D eigenvalue weighted by molar-refractivity contribution is 0.673. The minimum absolute atomic E-state index is 0.786. The van der Waals surface area contributed by atoms with E-state index in [2.05, 4.69) is 89.3 Å². The van der Waals surface area contributed by atoms with E-state index in [1.54, 1.807) is 18.0 Å². The van der Waals surface area contributed by atoms with E-state index in [-0.39, 0.29) is 0 Å². The minimum atomic E-state index is 0.786. The van der Waals surface area contributed by atoms with Gasteiger partial charge in [0.2, 0.25) is 0 Å². The molecule has 6 aromatic rings. The summed E-state index contributed by atoms with van der Waals surface area (Å²) in [5.41, 5.74) is 6.81. The van der Waals surface area contributed by atoms with E-state index in [0.717, 1.165) is 37.5 Å². The fourth-order valence-electron chi connectivity index (χ4n) is 4.15. The first kappa shape index (κ1) is 25.7. The smallest absolute Gasteiger partial charge is 0.136 e. The Morgan fingerprint density at radius 2 is 1.34 bits per heavy atom. The van der Waals surface area contributed by atoms with E-state index in [1.807, 2.05) is 55.1 Å². The van der Waals surface area contributed by atoms with Gasteiger partial charge in [0.1, 0.15) is 11.3 Å². The highest BCUT2D eigenvalue weighted by atomic mass is 32.2. The van der Waals surface area contributed by atoms with Crippen molar-refractivity contribution in [3.8, 4) is 0 Å². The van der Waals surface area contributed by atoms with Crippen LogP contribution in [-0.2, 0) is 26.2 Å². The topological polar surface area (TPSA) is 71.5 Å². The van der Waals surface area contributed by atoms with Crippen LogP contribution in [0.1, 0.15) is 22.5 Å². The van der Waals surface area contributed by atoms with Gasteiger partial charge in [-0.25, -0.2) is 9.97 Å². The molecule has 0 unspecified atom stereocenters. The summed E-state index contributed by atoms with van der Waals surface area (Å²) in [5.74, 6) is 0. The third-order valence-electron chi connectivity index (χ3n) is 6.12. The molecule has 0 aliphatic rings. The monoisotopic (exact) mass is 521 g/mol. The number of benzene rings is 1. The predicted octanol–water partition coefficient (Wildman–Crippen LogP) is 5.37. The van der Waals surface area contributed by atoms with Crippen molar-refractivity contribution >= 4 is 23.1 Å². The van der Waals surface area contributed by atoms with E-state index in [4.69, 9.17) is 0 Å². The molecular formula is C30H31N7S. The van der Waals surface area contributed by atoms with Crippen LogP contribution in [0.4, 0.5) is 0 Å². The Morgan fingerprint density at radius 3 is 2.08 bits per heavy atom. The van der Waals surface area contributed by atoms with Gasteiger partial charge in [0, 0.05) is 55.9 Å². The third-order valence-corrected chi connectivity index (χ3v) is 6.83. The quantitative estimate of drug-likeness (QED) is 0.250. The number of hydrogen-bond donors (Lipinski definition) is 2. The standard InChI is InChI=1S/C15H16N4S.C15H15N3/c1-20-14-4-5-15-18-10-13(19(15)11-14)9-17-8-12-3-2-6-16-7-12;1-2-6-13(7-3-1)10-16-11-14-12-17-15-8-4-5-9-18(14)15/h2-7,10-11,17H,8-9H2,1H3;1-9,12,16H,10-11H2. The highest BCUT2D eigenvalue weighted by Gasteiger charge is 2.04. The van der Waals surface area contributed by atoms with Crippen molar-refractivity contribution in [2.75, 3.05) is 6.26 Å². The van der Waals surface area contributed by atoms with Crippen LogP contribution >= 0.6 is 11.8 Å². The van der Waals surface area contributed by atoms with Gasteiger partial charge in [-0.1, -0.05) is 42.5 Å². The predicted molar refractivity (Wildman–Crippen MR) is 154 cm³/mol. The molecule has 0 spiro atoms. The van der Waals surface area contributed by atoms with Crippen molar-refractivity contribution in [3.05, 3.63) is 132 Å². The summed E-state index contributed by atoms with van der Waals surface area (Å²) < 4.78 is 4.25. The fraction of sp³-hybridized carbons (Fsp3) is 0.167. The second kappa shape index (κ2) is 13.0. The zero-order valence-corrected chi connectivity index (χ0v) is 22.2. The SMILES string of the molecule is CSc1ccc2ncc(CNCc3cccnc3)n2c1.c1ccc(CNCc2cnc3ccccn23)cc1. The molecule has 0 saturated carbocycles. The highest BCUT2D eigenvalue weighted by molar-refractivity contribution is 7.98. The Balaban J connectivity index is 0.000000156. The molecular weight excluding hydrogens is 490 g/mol. The van der Waals surface area contributed by atoms with Gasteiger partial charge in [-0.3, -0.25) is 4.98 Å². The van der Waals surface area contributed by atoms with Gasteiger partial charge in [0.25, 0.3) is 0 Å². The molecule has 192 valence electrons. The lowest BCUT2D eigenvalue weighted by Gasteiger charge is -2.06. The maximum atomic E-state index is 4.42. The molecule has 5 heterocycles. The van der Waals surface area contributed by atoms with Crippen LogP contribution < -0.4 is 10.6 Å². The first-order valence-electron chi connectivity index (χ1n) is 12.6. The summed E-state index contributed by atoms with van der Waals surface area (Å²) in [6.07, 6.45) is 13.8. The average molecular weight is 522 g/mol.